The molecule has 2 aromatic rings. The maximum Gasteiger partial charge on any atom is 0.416 e. The van der Waals surface area contributed by atoms with E-state index >= 15 is 8.78 Å². The number of fused-ring (bicyclic) bond motifs is 3. The zero-order valence-corrected chi connectivity index (χ0v) is 25.7. The largest absolute Gasteiger partial charge is 0.490 e. The number of nitrogens with zero attached hydrogens (tertiary/aromatic N) is 2. The highest BCUT2D eigenvalue weighted by molar-refractivity contribution is 7.92. The molecule has 0 unspecified atom stereocenters. The molecule has 14 heteroatoms. The number of hydrogen-bond donors (Lipinski definition) is 0. The fourth-order valence-corrected chi connectivity index (χ4v) is 11.0. The van der Waals surface area contributed by atoms with Gasteiger partial charge in [0.1, 0.15) is 10.6 Å². The Morgan fingerprint density at radius 1 is 1.00 bits per heavy atom. The van der Waals surface area contributed by atoms with Gasteiger partial charge in [0.2, 0.25) is 0 Å². The van der Waals surface area contributed by atoms with Crippen LogP contribution in [0.15, 0.2) is 45.7 Å². The van der Waals surface area contributed by atoms with Gasteiger partial charge in [-0.2, -0.15) is 17.6 Å². The summed E-state index contributed by atoms with van der Waals surface area (Å²) >= 11 is 0. The molecule has 1 saturated carbocycles. The standard InChI is InChI=1S/C30H35F5N2O5S2/c1-36-44(40,41)23(7-5-17-37-15-2-3-16-37)18-20-6-4-14-29(24(20)19-42-28-26(32)13-12-25(31)27(28)29)43(38,39)22-10-8-21(9-11-22)30(33,34)35/h8-13,20,23-24H,1-7,14-19H2/t20-,23+,24-,29-/m0/s1. The van der Waals surface area contributed by atoms with Crippen molar-refractivity contribution >= 4 is 26.6 Å². The predicted molar refractivity (Wildman–Crippen MR) is 155 cm³/mol. The maximum absolute atomic E-state index is 15.7. The molecule has 0 spiro atoms. The molecule has 7 nitrogen and oxygen atoms in total. The van der Waals surface area contributed by atoms with E-state index in [4.69, 9.17) is 4.74 Å². The molecule has 1 aliphatic carbocycles. The van der Waals surface area contributed by atoms with Gasteiger partial charge in [0.15, 0.2) is 21.4 Å². The highest BCUT2D eigenvalue weighted by Gasteiger charge is 2.61. The van der Waals surface area contributed by atoms with Crippen molar-refractivity contribution in [2.24, 2.45) is 16.2 Å². The summed E-state index contributed by atoms with van der Waals surface area (Å²) in [5.74, 6) is -4.20. The van der Waals surface area contributed by atoms with Crippen LogP contribution in [0.2, 0.25) is 0 Å². The van der Waals surface area contributed by atoms with Crippen molar-refractivity contribution in [3.05, 3.63) is 59.2 Å². The summed E-state index contributed by atoms with van der Waals surface area (Å²) in [4.78, 5) is 1.77. The molecule has 44 heavy (non-hydrogen) atoms. The molecule has 5 rings (SSSR count). The van der Waals surface area contributed by atoms with Crippen LogP contribution in [0.1, 0.15) is 62.5 Å². The number of rotatable bonds is 10. The summed E-state index contributed by atoms with van der Waals surface area (Å²) in [6, 6.07) is 4.56. The Bertz CT molecular complexity index is 1590. The third-order valence-corrected chi connectivity index (χ3v) is 13.7. The van der Waals surface area contributed by atoms with Crippen molar-refractivity contribution in [3.63, 3.8) is 0 Å². The number of hydrogen-bond acceptors (Lipinski definition) is 6. The molecule has 242 valence electrons. The number of sulfone groups is 1. The number of benzene rings is 2. The van der Waals surface area contributed by atoms with Crippen LogP contribution >= 0.6 is 0 Å². The van der Waals surface area contributed by atoms with Crippen LogP contribution in [0.4, 0.5) is 22.0 Å². The first-order valence-corrected chi connectivity index (χ1v) is 17.7. The van der Waals surface area contributed by atoms with Gasteiger partial charge in [-0.15, -0.1) is 0 Å². The highest BCUT2D eigenvalue weighted by atomic mass is 32.2. The third-order valence-electron chi connectivity index (χ3n) is 9.52. The van der Waals surface area contributed by atoms with Gasteiger partial charge in [-0.25, -0.2) is 25.6 Å². The van der Waals surface area contributed by atoms with E-state index in [0.717, 1.165) is 50.2 Å². The predicted octanol–water partition coefficient (Wildman–Crippen LogP) is 6.13. The topological polar surface area (TPSA) is 93.1 Å². The first kappa shape index (κ1) is 32.8. The Balaban J connectivity index is 1.57. The van der Waals surface area contributed by atoms with Crippen LogP contribution in [0, 0.1) is 23.5 Å². The van der Waals surface area contributed by atoms with Crippen molar-refractivity contribution in [2.45, 2.75) is 72.4 Å². The minimum Gasteiger partial charge on any atom is -0.490 e. The average Bonchev–Trinajstić information content (AvgIpc) is 3.51. The minimum atomic E-state index is -4.71. The van der Waals surface area contributed by atoms with Gasteiger partial charge >= 0.3 is 6.18 Å². The van der Waals surface area contributed by atoms with E-state index in [9.17, 15) is 30.0 Å². The number of likely N-dealkylation sites (tertiary alicyclic amines) is 1. The first-order chi connectivity index (χ1) is 20.7. The molecule has 2 heterocycles. The smallest absolute Gasteiger partial charge is 0.416 e. The summed E-state index contributed by atoms with van der Waals surface area (Å²) in [6.07, 6.45) is -1.30. The van der Waals surface area contributed by atoms with E-state index in [0.29, 0.717) is 31.5 Å². The van der Waals surface area contributed by atoms with Crippen LogP contribution in [0.25, 0.3) is 0 Å². The Morgan fingerprint density at radius 3 is 2.30 bits per heavy atom. The number of sulfonamides is 1. The van der Waals surface area contributed by atoms with Crippen molar-refractivity contribution in [2.75, 3.05) is 26.2 Å². The summed E-state index contributed by atoms with van der Waals surface area (Å²) < 4.78 is 133. The van der Waals surface area contributed by atoms with E-state index < -0.39 is 81.3 Å². The van der Waals surface area contributed by atoms with E-state index in [1.165, 1.54) is 0 Å². The second-order valence-corrected chi connectivity index (χ2v) is 16.1. The molecule has 0 amide bonds. The monoisotopic (exact) mass is 662 g/mol. The number of halogens is 5. The van der Waals surface area contributed by atoms with Crippen LogP contribution in [-0.2, 0) is 30.8 Å². The van der Waals surface area contributed by atoms with Gasteiger partial charge < -0.3 is 9.64 Å². The Hall–Kier alpha value is -2.58. The van der Waals surface area contributed by atoms with Crippen LogP contribution in [0.3, 0.4) is 0 Å². The first-order valence-electron chi connectivity index (χ1n) is 14.7. The van der Waals surface area contributed by atoms with Crippen LogP contribution in [0.5, 0.6) is 5.75 Å². The quantitative estimate of drug-likeness (QED) is 0.225. The van der Waals surface area contributed by atoms with E-state index in [1.807, 2.05) is 0 Å². The fourth-order valence-electron chi connectivity index (χ4n) is 7.38. The molecular weight excluding hydrogens is 627 g/mol. The normalized spacial score (nSPS) is 25.1. The lowest BCUT2D eigenvalue weighted by Crippen LogP contribution is -2.54. The summed E-state index contributed by atoms with van der Waals surface area (Å²) in [7, 11) is -8.71. The molecule has 4 atom stereocenters. The molecule has 2 aromatic carbocycles. The highest BCUT2D eigenvalue weighted by Crippen LogP contribution is 2.59. The second-order valence-electron chi connectivity index (χ2n) is 11.9. The van der Waals surface area contributed by atoms with Gasteiger partial charge in [-0.3, -0.25) is 0 Å². The molecular formula is C30H35F5N2O5S2. The van der Waals surface area contributed by atoms with Crippen LogP contribution in [-0.4, -0.2) is 59.9 Å². The lowest BCUT2D eigenvalue weighted by atomic mass is 9.66. The van der Waals surface area contributed by atoms with Gasteiger partial charge in [0.25, 0.3) is 10.0 Å². The third kappa shape index (κ3) is 5.89. The summed E-state index contributed by atoms with van der Waals surface area (Å²) in [6.45, 7) is 5.46. The zero-order chi connectivity index (χ0) is 31.9. The number of alkyl halides is 3. The summed E-state index contributed by atoms with van der Waals surface area (Å²) in [5, 5.41) is -0.990. The fraction of sp³-hybridized carbons (Fsp3) is 0.567. The molecule has 3 aliphatic rings. The minimum absolute atomic E-state index is 0.00801. The van der Waals surface area contributed by atoms with Crippen molar-refractivity contribution in [1.29, 1.82) is 0 Å². The van der Waals surface area contributed by atoms with Crippen LogP contribution < -0.4 is 4.74 Å². The van der Waals surface area contributed by atoms with Gasteiger partial charge in [-0.05, 0) is 107 Å². The molecule has 0 radical (unpaired) electrons. The zero-order valence-electron chi connectivity index (χ0n) is 24.0. The van der Waals surface area contributed by atoms with Gasteiger partial charge in [0.05, 0.1) is 27.9 Å². The molecule has 2 fully saturated rings. The molecule has 2 aliphatic heterocycles. The Kier molecular flexibility index (Phi) is 9.18. The second kappa shape index (κ2) is 12.3. The number of ether oxygens (including phenoxy) is 1. The molecule has 1 saturated heterocycles. The Morgan fingerprint density at radius 2 is 1.66 bits per heavy atom. The van der Waals surface area contributed by atoms with Crippen molar-refractivity contribution in [1.82, 2.24) is 4.90 Å². The van der Waals surface area contributed by atoms with E-state index in [1.54, 1.807) is 0 Å². The maximum atomic E-state index is 15.7. The van der Waals surface area contributed by atoms with Crippen molar-refractivity contribution in [3.8, 4) is 5.75 Å². The average molecular weight is 663 g/mol. The van der Waals surface area contributed by atoms with E-state index in [2.05, 4.69) is 16.0 Å². The SMILES string of the molecule is C=NS(=O)(=O)[C@H](CCCN1CCCC1)C[C@@H]1CCC[C@@]2(S(=O)(=O)c3ccc(C(F)(F)F)cc3)c3c(F)ccc(F)c3OC[C@@H]12. The summed E-state index contributed by atoms with van der Waals surface area (Å²) in [5.41, 5.74) is -1.57. The Labute approximate surface area is 254 Å². The molecule has 0 aromatic heterocycles. The van der Waals surface area contributed by atoms with Gasteiger partial charge in [-0.1, -0.05) is 6.42 Å². The lowest BCUT2D eigenvalue weighted by molar-refractivity contribution is -0.137. The lowest BCUT2D eigenvalue weighted by Gasteiger charge is -2.51. The van der Waals surface area contributed by atoms with E-state index in [-0.39, 0.29) is 32.3 Å². The molecule has 0 bridgehead atoms. The molecule has 0 N–H and O–H groups in total. The van der Waals surface area contributed by atoms with Gasteiger partial charge in [0, 0.05) is 12.6 Å². The van der Waals surface area contributed by atoms with Crippen molar-refractivity contribution < 1.29 is 43.5 Å².